The van der Waals surface area contributed by atoms with E-state index in [0.29, 0.717) is 46.1 Å². The lowest BCUT2D eigenvalue weighted by Gasteiger charge is -2.09. The number of carbonyl (C=O) groups is 3. The van der Waals surface area contributed by atoms with Gasteiger partial charge in [0.2, 0.25) is 5.91 Å². The van der Waals surface area contributed by atoms with Crippen LogP contribution in [0.25, 0.3) is 0 Å². The molecule has 5 N–H and O–H groups in total. The monoisotopic (exact) mass is 521 g/mol. The first-order valence-electron chi connectivity index (χ1n) is 11.3. The van der Waals surface area contributed by atoms with Gasteiger partial charge in [-0.3, -0.25) is 4.79 Å². The van der Waals surface area contributed by atoms with E-state index < -0.39 is 11.9 Å². The van der Waals surface area contributed by atoms with Gasteiger partial charge in [0, 0.05) is 30.2 Å². The Bertz CT molecular complexity index is 580. The molecule has 1 amide bonds. The number of hydrogen-bond donors (Lipinski definition) is 5. The van der Waals surface area contributed by atoms with E-state index in [0.717, 1.165) is 13.0 Å². The van der Waals surface area contributed by atoms with Gasteiger partial charge in [0.15, 0.2) is 0 Å². The number of aliphatic hydroxyl groups is 3. The number of carbonyl (C=O) groups excluding carboxylic acids is 1. The minimum Gasteiger partial charge on any atom is -0.478 e. The maximum atomic E-state index is 11.3. The number of aliphatic hydroxyl groups excluding tert-OH is 3. The molecular formula is C24H43NO11. The Labute approximate surface area is 213 Å². The summed E-state index contributed by atoms with van der Waals surface area (Å²) < 4.78 is 15.0. The van der Waals surface area contributed by atoms with Crippen LogP contribution >= 0.6 is 0 Å². The molecule has 0 aromatic carbocycles. The van der Waals surface area contributed by atoms with Gasteiger partial charge in [0.05, 0.1) is 52.9 Å². The van der Waals surface area contributed by atoms with Crippen molar-refractivity contribution in [3.05, 3.63) is 37.1 Å². The minimum absolute atomic E-state index is 0.0259. The average Bonchev–Trinajstić information content (AvgIpc) is 3.18. The molecule has 1 rings (SSSR count). The topological polar surface area (TPSA) is 183 Å². The lowest BCUT2D eigenvalue weighted by molar-refractivity contribution is -0.133. The van der Waals surface area contributed by atoms with Gasteiger partial charge in [-0.15, -0.1) is 0 Å². The van der Waals surface area contributed by atoms with Crippen LogP contribution in [0.4, 0.5) is 0 Å². The Morgan fingerprint density at radius 1 is 0.861 bits per heavy atom. The summed E-state index contributed by atoms with van der Waals surface area (Å²) in [4.78, 5) is 32.1. The first-order valence-corrected chi connectivity index (χ1v) is 11.3. The van der Waals surface area contributed by atoms with Crippen LogP contribution in [-0.4, -0.2) is 114 Å². The highest BCUT2D eigenvalue weighted by molar-refractivity contribution is 5.85. The van der Waals surface area contributed by atoms with E-state index in [1.807, 2.05) is 0 Å². The summed E-state index contributed by atoms with van der Waals surface area (Å²) in [5.74, 6) is -1.74. The summed E-state index contributed by atoms with van der Waals surface area (Å²) in [7, 11) is 0. The summed E-state index contributed by atoms with van der Waals surface area (Å²) in [6.45, 7) is 16.4. The summed E-state index contributed by atoms with van der Waals surface area (Å²) >= 11 is 0. The largest absolute Gasteiger partial charge is 0.478 e. The fraction of sp³-hybridized carbons (Fsp3) is 0.625. The number of aliphatic carboxylic acids is 2. The van der Waals surface area contributed by atoms with Crippen molar-refractivity contribution in [3.8, 4) is 0 Å². The highest BCUT2D eigenvalue weighted by atomic mass is 16.5. The molecule has 1 heterocycles. The van der Waals surface area contributed by atoms with Gasteiger partial charge in [-0.25, -0.2) is 9.59 Å². The van der Waals surface area contributed by atoms with Crippen LogP contribution in [0.1, 0.15) is 26.7 Å². The van der Waals surface area contributed by atoms with Gasteiger partial charge in [0.1, 0.15) is 0 Å². The number of likely N-dealkylation sites (tertiary alicyclic amines) is 1. The number of rotatable bonds is 15. The standard InChI is InChI=1S/C8H13NO2.C8H18O5.2C4H6O2/c1-2-9-5-3-7(4-6-10)8(9)11;9-1-3-11-5-7-13-8-6-12-4-2-10;2*1-3(2)4(5)6/h2,7,10H,1,3-6H2;9-10H,1-8H2;2*1H2,2H3,(H,5,6). The van der Waals surface area contributed by atoms with E-state index in [1.54, 1.807) is 11.1 Å². The van der Waals surface area contributed by atoms with Crippen LogP contribution in [0.5, 0.6) is 0 Å². The van der Waals surface area contributed by atoms with Crippen LogP contribution < -0.4 is 0 Å². The van der Waals surface area contributed by atoms with E-state index in [2.05, 4.69) is 19.7 Å². The van der Waals surface area contributed by atoms with Gasteiger partial charge in [0.25, 0.3) is 0 Å². The number of carboxylic acids is 2. The SMILES string of the molecule is C=C(C)C(=O)O.C=C(C)C(=O)O.C=CN1CCC(CCO)C1=O.OCCOCCOCCOCCO. The van der Waals surface area contributed by atoms with Crippen molar-refractivity contribution < 1.29 is 54.1 Å². The predicted octanol–water partition coefficient (Wildman–Crippen LogP) is 0.676. The molecule has 1 saturated heterocycles. The molecule has 1 atom stereocenters. The average molecular weight is 522 g/mol. The molecule has 1 aliphatic rings. The maximum Gasteiger partial charge on any atom is 0.330 e. The Morgan fingerprint density at radius 3 is 1.47 bits per heavy atom. The molecular weight excluding hydrogens is 478 g/mol. The molecule has 1 unspecified atom stereocenters. The Hall–Kier alpha value is -2.61. The number of hydrogen-bond acceptors (Lipinski definition) is 9. The molecule has 12 heteroatoms. The maximum absolute atomic E-state index is 11.3. The molecule has 0 aromatic rings. The van der Waals surface area contributed by atoms with Gasteiger partial charge < -0.3 is 44.6 Å². The third-order valence-corrected chi connectivity index (χ3v) is 3.99. The van der Waals surface area contributed by atoms with Crippen molar-refractivity contribution in [1.82, 2.24) is 4.90 Å². The summed E-state index contributed by atoms with van der Waals surface area (Å²) in [6.07, 6.45) is 2.99. The highest BCUT2D eigenvalue weighted by Crippen LogP contribution is 2.20. The molecule has 0 spiro atoms. The molecule has 1 aliphatic heterocycles. The first-order chi connectivity index (χ1) is 17.0. The van der Waals surface area contributed by atoms with Gasteiger partial charge in [-0.05, 0) is 32.9 Å². The third kappa shape index (κ3) is 26.0. The summed E-state index contributed by atoms with van der Waals surface area (Å²) in [5.41, 5.74) is 0.352. The smallest absolute Gasteiger partial charge is 0.330 e. The van der Waals surface area contributed by atoms with Crippen molar-refractivity contribution in [2.75, 3.05) is 66.0 Å². The van der Waals surface area contributed by atoms with Crippen LogP contribution in [-0.2, 0) is 28.6 Å². The van der Waals surface area contributed by atoms with Crippen molar-refractivity contribution >= 4 is 17.8 Å². The van der Waals surface area contributed by atoms with Crippen molar-refractivity contribution in [2.24, 2.45) is 5.92 Å². The summed E-state index contributed by atoms with van der Waals surface area (Å²) in [6, 6.07) is 0. The van der Waals surface area contributed by atoms with Crippen LogP contribution in [0.2, 0.25) is 0 Å². The van der Waals surface area contributed by atoms with E-state index in [9.17, 15) is 14.4 Å². The van der Waals surface area contributed by atoms with E-state index in [1.165, 1.54) is 13.8 Å². The Balaban J connectivity index is -0.000000427. The van der Waals surface area contributed by atoms with Crippen molar-refractivity contribution in [1.29, 1.82) is 0 Å². The molecule has 0 aromatic heterocycles. The van der Waals surface area contributed by atoms with E-state index >= 15 is 0 Å². The zero-order valence-corrected chi connectivity index (χ0v) is 21.4. The highest BCUT2D eigenvalue weighted by Gasteiger charge is 2.28. The second-order valence-corrected chi connectivity index (χ2v) is 7.17. The van der Waals surface area contributed by atoms with Crippen LogP contribution in [0, 0.1) is 5.92 Å². The lowest BCUT2D eigenvalue weighted by Crippen LogP contribution is -2.21. The molecule has 0 aliphatic carbocycles. The zero-order valence-electron chi connectivity index (χ0n) is 21.4. The van der Waals surface area contributed by atoms with Gasteiger partial charge in [-0.1, -0.05) is 19.7 Å². The lowest BCUT2D eigenvalue weighted by atomic mass is 10.1. The molecule has 0 radical (unpaired) electrons. The molecule has 12 nitrogen and oxygen atoms in total. The second kappa shape index (κ2) is 27.0. The Kier molecular flexibility index (Phi) is 28.4. The van der Waals surface area contributed by atoms with Crippen LogP contribution in [0.15, 0.2) is 37.1 Å². The fourth-order valence-electron chi connectivity index (χ4n) is 2.04. The molecule has 0 bridgehead atoms. The number of amides is 1. The third-order valence-electron chi connectivity index (χ3n) is 3.99. The fourth-order valence-corrected chi connectivity index (χ4v) is 2.04. The number of carboxylic acid groups (broad SMARTS) is 2. The zero-order chi connectivity index (χ0) is 28.4. The minimum atomic E-state index is -0.935. The van der Waals surface area contributed by atoms with E-state index in [4.69, 9.17) is 39.7 Å². The summed E-state index contributed by atoms with van der Waals surface area (Å²) in [5, 5.41) is 41.1. The molecule has 1 fully saturated rings. The normalized spacial score (nSPS) is 13.8. The van der Waals surface area contributed by atoms with Crippen molar-refractivity contribution in [3.63, 3.8) is 0 Å². The molecule has 210 valence electrons. The molecule has 0 saturated carbocycles. The molecule has 36 heavy (non-hydrogen) atoms. The quantitative estimate of drug-likeness (QED) is 0.151. The van der Waals surface area contributed by atoms with Gasteiger partial charge in [-0.2, -0.15) is 0 Å². The number of nitrogens with zero attached hydrogens (tertiary/aromatic N) is 1. The Morgan fingerprint density at radius 2 is 1.22 bits per heavy atom. The number of ether oxygens (including phenoxy) is 3. The predicted molar refractivity (Wildman–Crippen MR) is 133 cm³/mol. The van der Waals surface area contributed by atoms with Crippen molar-refractivity contribution in [2.45, 2.75) is 26.7 Å². The first kappa shape index (κ1) is 37.9. The second-order valence-electron chi connectivity index (χ2n) is 7.17. The van der Waals surface area contributed by atoms with Gasteiger partial charge >= 0.3 is 11.9 Å². The van der Waals surface area contributed by atoms with Crippen LogP contribution in [0.3, 0.4) is 0 Å². The van der Waals surface area contributed by atoms with E-state index in [-0.39, 0.29) is 42.8 Å².